The molecule has 0 aliphatic carbocycles. The van der Waals surface area contributed by atoms with Gasteiger partial charge in [-0.05, 0) is 45.2 Å². The molecule has 2 heterocycles. The Bertz CT molecular complexity index is 462. The molecule has 1 aliphatic heterocycles. The van der Waals surface area contributed by atoms with Gasteiger partial charge in [0, 0.05) is 18.3 Å². The summed E-state index contributed by atoms with van der Waals surface area (Å²) in [6.45, 7) is 8.27. The zero-order valence-electron chi connectivity index (χ0n) is 12.5. The summed E-state index contributed by atoms with van der Waals surface area (Å²) in [5.74, 6) is 0. The van der Waals surface area contributed by atoms with Crippen LogP contribution < -0.4 is 5.32 Å². The maximum absolute atomic E-state index is 5.52. The average Bonchev–Trinajstić information content (AvgIpc) is 2.67. The van der Waals surface area contributed by atoms with Crippen LogP contribution in [0.1, 0.15) is 49.2 Å². The van der Waals surface area contributed by atoms with Crippen LogP contribution in [0.2, 0.25) is 0 Å². The Balaban J connectivity index is 2.33. The van der Waals surface area contributed by atoms with Gasteiger partial charge >= 0.3 is 0 Å². The molecule has 0 radical (unpaired) electrons. The summed E-state index contributed by atoms with van der Waals surface area (Å²) in [5, 5.41) is 8.19. The highest BCUT2D eigenvalue weighted by atomic mass is 16.5. The lowest BCUT2D eigenvalue weighted by Gasteiger charge is -2.25. The minimum Gasteiger partial charge on any atom is -0.501 e. The van der Waals surface area contributed by atoms with E-state index >= 15 is 0 Å². The summed E-state index contributed by atoms with van der Waals surface area (Å²) in [4.78, 5) is 0. The van der Waals surface area contributed by atoms with Crippen LogP contribution in [0.25, 0.3) is 0 Å². The maximum atomic E-state index is 5.52. The van der Waals surface area contributed by atoms with Gasteiger partial charge in [0.05, 0.1) is 24.6 Å². The van der Waals surface area contributed by atoms with Crippen molar-refractivity contribution in [3.05, 3.63) is 28.8 Å². The van der Waals surface area contributed by atoms with Gasteiger partial charge in [-0.15, -0.1) is 0 Å². The Morgan fingerprint density at radius 2 is 2.26 bits per heavy atom. The Kier molecular flexibility index (Phi) is 4.64. The van der Waals surface area contributed by atoms with Gasteiger partial charge in [0.25, 0.3) is 0 Å². The van der Waals surface area contributed by atoms with Gasteiger partial charge in [-0.25, -0.2) is 0 Å². The van der Waals surface area contributed by atoms with Crippen molar-refractivity contribution in [1.29, 1.82) is 0 Å². The Hall–Kier alpha value is -1.29. The van der Waals surface area contributed by atoms with Gasteiger partial charge in [-0.2, -0.15) is 5.10 Å². The molecule has 4 nitrogen and oxygen atoms in total. The highest BCUT2D eigenvalue weighted by Gasteiger charge is 2.24. The molecule has 1 aromatic rings. The number of ether oxygens (including phenoxy) is 1. The normalized spacial score (nSPS) is 16.9. The molecule has 1 aliphatic rings. The number of aryl methyl sites for hydroxylation is 2. The molecule has 0 aromatic carbocycles. The van der Waals surface area contributed by atoms with Crippen LogP contribution in [0.3, 0.4) is 0 Å². The number of nitrogens with zero attached hydrogens (tertiary/aromatic N) is 2. The van der Waals surface area contributed by atoms with E-state index in [0.717, 1.165) is 38.1 Å². The van der Waals surface area contributed by atoms with Crippen LogP contribution >= 0.6 is 0 Å². The summed E-state index contributed by atoms with van der Waals surface area (Å²) in [5.41, 5.74) is 5.00. The molecule has 0 bridgehead atoms. The summed E-state index contributed by atoms with van der Waals surface area (Å²) in [7, 11) is 2.01. The number of nitrogens with one attached hydrogen (secondary N) is 1. The molecular formula is C15H25N3O. The first-order chi connectivity index (χ1) is 9.15. The lowest BCUT2D eigenvalue weighted by molar-refractivity contribution is 0.219. The molecule has 1 aromatic heterocycles. The molecular weight excluding hydrogens is 238 g/mol. The SMILES string of the molecule is CCCNC(C1=COCCC1)c1c(C)nn(C)c1C. The van der Waals surface area contributed by atoms with Crippen LogP contribution in [0.5, 0.6) is 0 Å². The summed E-state index contributed by atoms with van der Waals surface area (Å²) in [6, 6.07) is 0.244. The molecule has 0 saturated heterocycles. The van der Waals surface area contributed by atoms with Crippen molar-refractivity contribution in [2.45, 2.75) is 46.1 Å². The third-order valence-electron chi connectivity index (χ3n) is 3.79. The second kappa shape index (κ2) is 6.24. The van der Waals surface area contributed by atoms with Gasteiger partial charge in [-0.3, -0.25) is 4.68 Å². The van der Waals surface area contributed by atoms with Crippen LogP contribution in [0.15, 0.2) is 11.8 Å². The quantitative estimate of drug-likeness (QED) is 0.888. The fraction of sp³-hybridized carbons (Fsp3) is 0.667. The van der Waals surface area contributed by atoms with E-state index in [1.54, 1.807) is 0 Å². The minimum atomic E-state index is 0.244. The molecule has 2 rings (SSSR count). The first kappa shape index (κ1) is 14.1. The second-order valence-corrected chi connectivity index (χ2v) is 5.26. The highest BCUT2D eigenvalue weighted by molar-refractivity contribution is 5.35. The molecule has 1 N–H and O–H groups in total. The average molecular weight is 263 g/mol. The van der Waals surface area contributed by atoms with Crippen LogP contribution in [0, 0.1) is 13.8 Å². The number of hydrogen-bond donors (Lipinski definition) is 1. The van der Waals surface area contributed by atoms with E-state index < -0.39 is 0 Å². The lowest BCUT2D eigenvalue weighted by atomic mass is 9.93. The number of hydrogen-bond acceptors (Lipinski definition) is 3. The predicted octanol–water partition coefficient (Wildman–Crippen LogP) is 2.77. The summed E-state index contributed by atoms with van der Waals surface area (Å²) < 4.78 is 7.49. The first-order valence-electron chi connectivity index (χ1n) is 7.19. The Morgan fingerprint density at radius 3 is 2.79 bits per heavy atom. The molecule has 0 fully saturated rings. The minimum absolute atomic E-state index is 0.244. The van der Waals surface area contributed by atoms with E-state index in [4.69, 9.17) is 4.74 Å². The molecule has 106 valence electrons. The summed E-state index contributed by atoms with van der Waals surface area (Å²) in [6.07, 6.45) is 5.29. The monoisotopic (exact) mass is 263 g/mol. The van der Waals surface area contributed by atoms with Gasteiger partial charge in [-0.1, -0.05) is 6.92 Å². The Morgan fingerprint density at radius 1 is 1.47 bits per heavy atom. The molecule has 0 spiro atoms. The van der Waals surface area contributed by atoms with Crippen molar-refractivity contribution in [2.24, 2.45) is 7.05 Å². The van der Waals surface area contributed by atoms with Gasteiger partial charge in [0.1, 0.15) is 0 Å². The van der Waals surface area contributed by atoms with Crippen molar-refractivity contribution in [2.75, 3.05) is 13.2 Å². The number of aromatic nitrogens is 2. The Labute approximate surface area is 115 Å². The molecule has 19 heavy (non-hydrogen) atoms. The molecule has 1 atom stereocenters. The van der Waals surface area contributed by atoms with Gasteiger partial charge in [0.15, 0.2) is 0 Å². The van der Waals surface area contributed by atoms with E-state index in [0.29, 0.717) is 0 Å². The fourth-order valence-corrected chi connectivity index (χ4v) is 2.71. The molecule has 0 amide bonds. The topological polar surface area (TPSA) is 39.1 Å². The van der Waals surface area contributed by atoms with E-state index in [9.17, 15) is 0 Å². The van der Waals surface area contributed by atoms with Crippen molar-refractivity contribution in [3.63, 3.8) is 0 Å². The lowest BCUT2D eigenvalue weighted by Crippen LogP contribution is -2.26. The van der Waals surface area contributed by atoms with Crippen molar-refractivity contribution < 1.29 is 4.74 Å². The van der Waals surface area contributed by atoms with Crippen molar-refractivity contribution in [3.8, 4) is 0 Å². The zero-order valence-corrected chi connectivity index (χ0v) is 12.5. The highest BCUT2D eigenvalue weighted by Crippen LogP contribution is 2.31. The van der Waals surface area contributed by atoms with Crippen molar-refractivity contribution in [1.82, 2.24) is 15.1 Å². The zero-order chi connectivity index (χ0) is 13.8. The fourth-order valence-electron chi connectivity index (χ4n) is 2.71. The third-order valence-corrected chi connectivity index (χ3v) is 3.79. The van der Waals surface area contributed by atoms with Gasteiger partial charge in [0.2, 0.25) is 0 Å². The van der Waals surface area contributed by atoms with E-state index in [1.165, 1.54) is 16.8 Å². The van der Waals surface area contributed by atoms with Crippen LogP contribution in [-0.4, -0.2) is 22.9 Å². The second-order valence-electron chi connectivity index (χ2n) is 5.26. The standard InChI is InChI=1S/C15H25N3O/c1-5-8-16-15(13-7-6-9-19-10-13)14-11(2)17-18(4)12(14)3/h10,15-16H,5-9H2,1-4H3. The first-order valence-corrected chi connectivity index (χ1v) is 7.19. The predicted molar refractivity (Wildman–Crippen MR) is 77.0 cm³/mol. The van der Waals surface area contributed by atoms with E-state index in [1.807, 2.05) is 18.0 Å². The number of rotatable bonds is 5. The third kappa shape index (κ3) is 3.00. The van der Waals surface area contributed by atoms with Gasteiger partial charge < -0.3 is 10.1 Å². The largest absolute Gasteiger partial charge is 0.501 e. The summed E-state index contributed by atoms with van der Waals surface area (Å²) >= 11 is 0. The molecule has 0 saturated carbocycles. The van der Waals surface area contributed by atoms with E-state index in [2.05, 4.69) is 31.2 Å². The molecule has 1 unspecified atom stereocenters. The van der Waals surface area contributed by atoms with Crippen LogP contribution in [0.4, 0.5) is 0 Å². The molecule has 4 heteroatoms. The van der Waals surface area contributed by atoms with E-state index in [-0.39, 0.29) is 6.04 Å². The smallest absolute Gasteiger partial charge is 0.0876 e. The van der Waals surface area contributed by atoms with Crippen LogP contribution in [-0.2, 0) is 11.8 Å². The van der Waals surface area contributed by atoms with Crippen molar-refractivity contribution >= 4 is 0 Å². The maximum Gasteiger partial charge on any atom is 0.0876 e.